The number of rotatable bonds is 4. The smallest absolute Gasteiger partial charge is 0.137 e. The largest absolute Gasteiger partial charge is 0.456 e. The van der Waals surface area contributed by atoms with Crippen LogP contribution in [0.2, 0.25) is 0 Å². The third kappa shape index (κ3) is 3.88. The number of hydrogen-bond donors (Lipinski definition) is 0. The standard InChI is InChI=1S/C45H31NO2/c1-45(2)37-15-8-6-13-32(37)33-23-21-31(27-38(33)45)46(30-11-4-3-5-12-30)39-16-10-18-42-44(39)36-25-28(20-24-41(36)47-42)29-19-22-35-34-14-7-9-17-40(34)48-43(35)26-29/h3-27H,1-2H3. The molecule has 0 saturated carbocycles. The van der Waals surface area contributed by atoms with Crippen molar-refractivity contribution in [2.24, 2.45) is 0 Å². The summed E-state index contributed by atoms with van der Waals surface area (Å²) >= 11 is 0. The molecular weight excluding hydrogens is 587 g/mol. The summed E-state index contributed by atoms with van der Waals surface area (Å²) in [4.78, 5) is 2.38. The van der Waals surface area contributed by atoms with E-state index in [1.54, 1.807) is 0 Å². The molecule has 0 atom stereocenters. The molecule has 0 aliphatic heterocycles. The molecule has 0 bridgehead atoms. The first-order valence-electron chi connectivity index (χ1n) is 16.5. The molecule has 3 nitrogen and oxygen atoms in total. The molecule has 2 heterocycles. The van der Waals surface area contributed by atoms with E-state index in [0.717, 1.165) is 72.1 Å². The van der Waals surface area contributed by atoms with Gasteiger partial charge in [-0.15, -0.1) is 0 Å². The van der Waals surface area contributed by atoms with E-state index >= 15 is 0 Å². The normalized spacial score (nSPS) is 13.4. The van der Waals surface area contributed by atoms with Crippen molar-refractivity contribution in [1.29, 1.82) is 0 Å². The summed E-state index contributed by atoms with van der Waals surface area (Å²) in [5.41, 5.74) is 14.3. The molecular formula is C45H31NO2. The fourth-order valence-corrected chi connectivity index (χ4v) is 7.92. The highest BCUT2D eigenvalue weighted by atomic mass is 16.3. The predicted molar refractivity (Wildman–Crippen MR) is 199 cm³/mol. The molecule has 0 spiro atoms. The van der Waals surface area contributed by atoms with Gasteiger partial charge in [0, 0.05) is 32.9 Å². The molecule has 7 aromatic carbocycles. The van der Waals surface area contributed by atoms with Crippen LogP contribution in [0, 0.1) is 0 Å². The first-order valence-corrected chi connectivity index (χ1v) is 16.5. The molecule has 0 radical (unpaired) electrons. The molecule has 1 aliphatic rings. The van der Waals surface area contributed by atoms with Gasteiger partial charge in [-0.25, -0.2) is 0 Å². The Morgan fingerprint density at radius 1 is 0.438 bits per heavy atom. The number of hydrogen-bond acceptors (Lipinski definition) is 3. The Bertz CT molecular complexity index is 2710. The molecule has 10 rings (SSSR count). The molecule has 0 fully saturated rings. The maximum atomic E-state index is 6.52. The van der Waals surface area contributed by atoms with Crippen LogP contribution < -0.4 is 4.90 Å². The Balaban J connectivity index is 1.17. The minimum atomic E-state index is -0.103. The zero-order valence-electron chi connectivity index (χ0n) is 26.7. The van der Waals surface area contributed by atoms with Crippen molar-refractivity contribution in [2.45, 2.75) is 19.3 Å². The summed E-state index contributed by atoms with van der Waals surface area (Å²) in [5, 5.41) is 4.44. The Labute approximate surface area is 278 Å². The van der Waals surface area contributed by atoms with Gasteiger partial charge in [0.25, 0.3) is 0 Å². The molecule has 2 aromatic heterocycles. The van der Waals surface area contributed by atoms with Crippen LogP contribution in [0.25, 0.3) is 66.1 Å². The van der Waals surface area contributed by atoms with Crippen molar-refractivity contribution in [2.75, 3.05) is 4.90 Å². The zero-order chi connectivity index (χ0) is 32.0. The van der Waals surface area contributed by atoms with Gasteiger partial charge >= 0.3 is 0 Å². The summed E-state index contributed by atoms with van der Waals surface area (Å²) in [7, 11) is 0. The number of nitrogens with zero attached hydrogens (tertiary/aromatic N) is 1. The second kappa shape index (κ2) is 9.97. The maximum Gasteiger partial charge on any atom is 0.137 e. The van der Waals surface area contributed by atoms with E-state index in [0.29, 0.717) is 0 Å². The highest BCUT2D eigenvalue weighted by molar-refractivity contribution is 6.14. The van der Waals surface area contributed by atoms with Crippen molar-refractivity contribution < 1.29 is 8.83 Å². The molecule has 1 aliphatic carbocycles. The lowest BCUT2D eigenvalue weighted by molar-refractivity contribution is 0.660. The lowest BCUT2D eigenvalue weighted by Gasteiger charge is -2.28. The first-order chi connectivity index (χ1) is 23.5. The van der Waals surface area contributed by atoms with Crippen LogP contribution >= 0.6 is 0 Å². The average Bonchev–Trinajstić information content (AvgIpc) is 3.76. The van der Waals surface area contributed by atoms with Crippen molar-refractivity contribution in [3.05, 3.63) is 163 Å². The van der Waals surface area contributed by atoms with Crippen LogP contribution in [-0.4, -0.2) is 0 Å². The van der Waals surface area contributed by atoms with Crippen LogP contribution in [0.4, 0.5) is 17.1 Å². The monoisotopic (exact) mass is 617 g/mol. The molecule has 0 amide bonds. The van der Waals surface area contributed by atoms with Gasteiger partial charge in [-0.1, -0.05) is 98.8 Å². The van der Waals surface area contributed by atoms with E-state index in [9.17, 15) is 0 Å². The van der Waals surface area contributed by atoms with Gasteiger partial charge in [-0.3, -0.25) is 0 Å². The Morgan fingerprint density at radius 2 is 1.12 bits per heavy atom. The van der Waals surface area contributed by atoms with E-state index in [-0.39, 0.29) is 5.41 Å². The van der Waals surface area contributed by atoms with Crippen molar-refractivity contribution in [3.63, 3.8) is 0 Å². The Hall–Kier alpha value is -6.06. The van der Waals surface area contributed by atoms with Gasteiger partial charge in [-0.05, 0) is 100 Å². The van der Waals surface area contributed by atoms with Crippen LogP contribution in [0.15, 0.2) is 160 Å². The highest BCUT2D eigenvalue weighted by Crippen LogP contribution is 2.51. The van der Waals surface area contributed by atoms with Crippen molar-refractivity contribution in [1.82, 2.24) is 0 Å². The van der Waals surface area contributed by atoms with Gasteiger partial charge in [0.05, 0.1) is 11.1 Å². The molecule has 0 unspecified atom stereocenters. The molecule has 0 N–H and O–H groups in total. The lowest BCUT2D eigenvalue weighted by Crippen LogP contribution is -2.16. The van der Waals surface area contributed by atoms with Crippen LogP contribution in [0.5, 0.6) is 0 Å². The topological polar surface area (TPSA) is 29.5 Å². The predicted octanol–water partition coefficient (Wildman–Crippen LogP) is 12.9. The Morgan fingerprint density at radius 3 is 2.04 bits per heavy atom. The van der Waals surface area contributed by atoms with Crippen LogP contribution in [0.3, 0.4) is 0 Å². The van der Waals surface area contributed by atoms with Crippen LogP contribution in [0.1, 0.15) is 25.0 Å². The summed E-state index contributed by atoms with van der Waals surface area (Å²) in [6.07, 6.45) is 0. The number of benzene rings is 7. The highest BCUT2D eigenvalue weighted by Gasteiger charge is 2.36. The van der Waals surface area contributed by atoms with Gasteiger partial charge < -0.3 is 13.7 Å². The molecule has 3 heteroatoms. The number of fused-ring (bicyclic) bond motifs is 9. The number of furan rings is 2. The van der Waals surface area contributed by atoms with E-state index in [1.807, 2.05) is 12.1 Å². The van der Waals surface area contributed by atoms with E-state index in [1.165, 1.54) is 22.3 Å². The number of para-hydroxylation sites is 2. The van der Waals surface area contributed by atoms with Gasteiger partial charge in [0.2, 0.25) is 0 Å². The van der Waals surface area contributed by atoms with Crippen molar-refractivity contribution >= 4 is 60.9 Å². The molecule has 228 valence electrons. The second-order valence-electron chi connectivity index (χ2n) is 13.3. The molecule has 48 heavy (non-hydrogen) atoms. The Kier molecular flexibility index (Phi) is 5.63. The summed E-state index contributed by atoms with van der Waals surface area (Å²) in [6.45, 7) is 4.67. The van der Waals surface area contributed by atoms with Gasteiger partial charge in [-0.2, -0.15) is 0 Å². The SMILES string of the molecule is CC1(C)c2ccccc2-c2ccc(N(c3ccccc3)c3cccc4oc5ccc(-c6ccc7c(c6)oc6ccccc67)cc5c34)cc21. The summed E-state index contributed by atoms with van der Waals surface area (Å²) in [5.74, 6) is 0. The fraction of sp³-hybridized carbons (Fsp3) is 0.0667. The second-order valence-corrected chi connectivity index (χ2v) is 13.3. The fourth-order valence-electron chi connectivity index (χ4n) is 7.92. The number of anilines is 3. The minimum Gasteiger partial charge on any atom is -0.456 e. The summed E-state index contributed by atoms with van der Waals surface area (Å²) in [6, 6.07) is 54.0. The van der Waals surface area contributed by atoms with E-state index in [4.69, 9.17) is 8.83 Å². The van der Waals surface area contributed by atoms with Crippen LogP contribution in [-0.2, 0) is 5.41 Å². The maximum absolute atomic E-state index is 6.52. The third-order valence-electron chi connectivity index (χ3n) is 10.3. The lowest BCUT2D eigenvalue weighted by atomic mass is 9.82. The average molecular weight is 618 g/mol. The van der Waals surface area contributed by atoms with Crippen molar-refractivity contribution in [3.8, 4) is 22.3 Å². The van der Waals surface area contributed by atoms with Gasteiger partial charge in [0.15, 0.2) is 0 Å². The zero-order valence-corrected chi connectivity index (χ0v) is 26.7. The molecule has 9 aromatic rings. The van der Waals surface area contributed by atoms with Gasteiger partial charge in [0.1, 0.15) is 22.3 Å². The van der Waals surface area contributed by atoms with E-state index < -0.39 is 0 Å². The minimum absolute atomic E-state index is 0.103. The quantitative estimate of drug-likeness (QED) is 0.197. The third-order valence-corrected chi connectivity index (χ3v) is 10.3. The van der Waals surface area contributed by atoms with E-state index in [2.05, 4.69) is 158 Å². The summed E-state index contributed by atoms with van der Waals surface area (Å²) < 4.78 is 12.8. The molecule has 0 saturated heterocycles. The first kappa shape index (κ1) is 27.1.